The summed E-state index contributed by atoms with van der Waals surface area (Å²) in [5.74, 6) is -4.70. The third-order valence-corrected chi connectivity index (χ3v) is 3.99. The average Bonchev–Trinajstić information content (AvgIpc) is 2.48. The monoisotopic (exact) mass is 431 g/mol. The maximum atomic E-state index is 13.2. The molecular weight excluding hydrogens is 417 g/mol. The Balaban J connectivity index is 2.54. The van der Waals surface area contributed by atoms with E-state index in [1.54, 1.807) is 0 Å². The van der Waals surface area contributed by atoms with Gasteiger partial charge in [-0.05, 0) is 48.7 Å². The van der Waals surface area contributed by atoms with E-state index in [2.05, 4.69) is 0 Å². The molecule has 0 amide bonds. The molecule has 0 aromatic heterocycles. The van der Waals surface area contributed by atoms with Gasteiger partial charge in [-0.3, -0.25) is 0 Å². The smallest absolute Gasteiger partial charge is 0.420 e. The van der Waals surface area contributed by atoms with Crippen molar-refractivity contribution in [3.05, 3.63) is 52.6 Å². The molecule has 29 heavy (non-hydrogen) atoms. The van der Waals surface area contributed by atoms with E-state index >= 15 is 0 Å². The fraction of sp³-hybridized carbons (Fsp3) is 0.333. The second kappa shape index (κ2) is 7.34. The topological polar surface area (TPSA) is 35.2 Å². The molecule has 0 unspecified atom stereocenters. The van der Waals surface area contributed by atoms with Gasteiger partial charge in [0, 0.05) is 5.69 Å². The number of benzene rings is 2. The number of ether oxygens (including phenoxy) is 1. The molecule has 0 radical (unpaired) electrons. The van der Waals surface area contributed by atoms with Crippen molar-refractivity contribution in [1.82, 2.24) is 0 Å². The Labute approximate surface area is 159 Å². The summed E-state index contributed by atoms with van der Waals surface area (Å²) in [6.07, 6.45) is -16.0. The number of nitrogens with two attached hydrogens (primary N) is 1. The van der Waals surface area contributed by atoms with Crippen LogP contribution in [-0.2, 0) is 6.18 Å². The van der Waals surface area contributed by atoms with E-state index in [0.717, 1.165) is 26.0 Å². The van der Waals surface area contributed by atoms with E-state index < -0.39 is 41.3 Å². The Hall–Kier alpha value is -2.59. The lowest BCUT2D eigenvalue weighted by Crippen LogP contribution is -2.34. The van der Waals surface area contributed by atoms with Gasteiger partial charge >= 0.3 is 18.5 Å². The van der Waals surface area contributed by atoms with Gasteiger partial charge in [-0.15, -0.1) is 0 Å². The van der Waals surface area contributed by atoms with Crippen molar-refractivity contribution in [1.29, 1.82) is 0 Å². The fourth-order valence-electron chi connectivity index (χ4n) is 2.84. The van der Waals surface area contributed by atoms with Crippen molar-refractivity contribution in [2.24, 2.45) is 0 Å². The van der Waals surface area contributed by atoms with E-state index in [0.29, 0.717) is 18.2 Å². The highest BCUT2D eigenvalue weighted by Crippen LogP contribution is 2.48. The molecular formula is C18H14F9NO. The molecule has 0 fully saturated rings. The number of rotatable bonds is 3. The van der Waals surface area contributed by atoms with E-state index in [4.69, 9.17) is 10.5 Å². The van der Waals surface area contributed by atoms with Gasteiger partial charge in [0.2, 0.25) is 0 Å². The van der Waals surface area contributed by atoms with Crippen LogP contribution in [0.25, 0.3) is 0 Å². The Morgan fingerprint density at radius 3 is 1.69 bits per heavy atom. The van der Waals surface area contributed by atoms with Crippen molar-refractivity contribution >= 4 is 5.69 Å². The lowest BCUT2D eigenvalue weighted by atomic mass is 9.93. The highest BCUT2D eigenvalue weighted by Gasteiger charge is 2.57. The number of aryl methyl sites for hydroxylation is 2. The zero-order valence-electron chi connectivity index (χ0n) is 14.9. The van der Waals surface area contributed by atoms with Gasteiger partial charge in [-0.25, -0.2) is 0 Å². The number of nitrogen functional groups attached to an aromatic ring is 1. The summed E-state index contributed by atoms with van der Waals surface area (Å²) in [5.41, 5.74) is 2.44. The summed E-state index contributed by atoms with van der Waals surface area (Å²) in [6.45, 7) is 2.28. The highest BCUT2D eigenvalue weighted by molar-refractivity contribution is 5.53. The van der Waals surface area contributed by atoms with Crippen LogP contribution in [0.2, 0.25) is 0 Å². The molecule has 0 saturated carbocycles. The van der Waals surface area contributed by atoms with Crippen LogP contribution in [0.1, 0.15) is 28.2 Å². The van der Waals surface area contributed by atoms with E-state index in [1.807, 2.05) is 0 Å². The second-order valence-electron chi connectivity index (χ2n) is 6.36. The van der Waals surface area contributed by atoms with Crippen LogP contribution in [0.3, 0.4) is 0 Å². The first kappa shape index (κ1) is 22.7. The highest BCUT2D eigenvalue weighted by atomic mass is 19.4. The predicted molar refractivity (Wildman–Crippen MR) is 86.7 cm³/mol. The number of hydrogen-bond donors (Lipinski definition) is 1. The quantitative estimate of drug-likeness (QED) is 0.424. The maximum Gasteiger partial charge on any atom is 0.420 e. The van der Waals surface area contributed by atoms with Gasteiger partial charge in [0.05, 0.1) is 0 Å². The molecule has 2 N–H and O–H groups in total. The summed E-state index contributed by atoms with van der Waals surface area (Å²) >= 11 is 0. The summed E-state index contributed by atoms with van der Waals surface area (Å²) in [7, 11) is 0. The van der Waals surface area contributed by atoms with Crippen LogP contribution in [0.15, 0.2) is 30.3 Å². The van der Waals surface area contributed by atoms with Crippen molar-refractivity contribution in [3.8, 4) is 11.5 Å². The molecule has 2 aromatic carbocycles. The molecule has 0 bridgehead atoms. The lowest BCUT2D eigenvalue weighted by molar-refractivity contribution is -0.253. The SMILES string of the molecule is Cc1cc(C(C(F)(F)F)C(F)(F)F)cc(C)c1Oc1ccc(N)cc1C(F)(F)F. The largest absolute Gasteiger partial charge is 0.456 e. The molecule has 0 atom stereocenters. The normalized spacial score (nSPS) is 13.1. The summed E-state index contributed by atoms with van der Waals surface area (Å²) in [5, 5.41) is 0. The van der Waals surface area contributed by atoms with Crippen LogP contribution in [0.4, 0.5) is 45.2 Å². The first-order chi connectivity index (χ1) is 13.0. The molecule has 2 nitrogen and oxygen atoms in total. The number of alkyl halides is 9. The molecule has 0 spiro atoms. The number of halogens is 9. The van der Waals surface area contributed by atoms with Crippen LogP contribution < -0.4 is 10.5 Å². The first-order valence-electron chi connectivity index (χ1n) is 7.91. The Bertz CT molecular complexity index is 861. The molecule has 11 heteroatoms. The van der Waals surface area contributed by atoms with Crippen molar-refractivity contribution in [2.45, 2.75) is 38.3 Å². The van der Waals surface area contributed by atoms with Crippen LogP contribution >= 0.6 is 0 Å². The van der Waals surface area contributed by atoms with Crippen molar-refractivity contribution < 1.29 is 44.3 Å². The van der Waals surface area contributed by atoms with Gasteiger partial charge in [0.15, 0.2) is 5.92 Å². The summed E-state index contributed by atoms with van der Waals surface area (Å²) < 4.78 is 122. The zero-order valence-corrected chi connectivity index (χ0v) is 14.9. The molecule has 0 aliphatic heterocycles. The maximum absolute atomic E-state index is 13.2. The van der Waals surface area contributed by atoms with Crippen LogP contribution in [0.5, 0.6) is 11.5 Å². The predicted octanol–water partition coefficient (Wildman–Crippen LogP) is 6.90. The minimum absolute atomic E-state index is 0.191. The van der Waals surface area contributed by atoms with Crippen molar-refractivity contribution in [3.63, 3.8) is 0 Å². The molecule has 0 saturated heterocycles. The molecule has 0 aliphatic rings. The standard InChI is InChI=1S/C18H14F9NO/c1-8-5-10(15(17(22,23)24)18(25,26)27)6-9(2)14(8)29-13-4-3-11(28)7-12(13)16(19,20)21/h3-7,15H,28H2,1-2H3. The minimum Gasteiger partial charge on any atom is -0.456 e. The zero-order chi connectivity index (χ0) is 22.4. The van der Waals surface area contributed by atoms with Gasteiger partial charge in [0.25, 0.3) is 0 Å². The molecule has 2 aromatic rings. The number of hydrogen-bond acceptors (Lipinski definition) is 2. The first-order valence-corrected chi connectivity index (χ1v) is 7.91. The van der Waals surface area contributed by atoms with Crippen LogP contribution in [-0.4, -0.2) is 12.4 Å². The van der Waals surface area contributed by atoms with E-state index in [9.17, 15) is 39.5 Å². The van der Waals surface area contributed by atoms with Crippen molar-refractivity contribution in [2.75, 3.05) is 5.73 Å². The Morgan fingerprint density at radius 1 is 0.793 bits per heavy atom. The third-order valence-electron chi connectivity index (χ3n) is 3.99. The average molecular weight is 431 g/mol. The van der Waals surface area contributed by atoms with Crippen LogP contribution in [0, 0.1) is 13.8 Å². The Morgan fingerprint density at radius 2 is 1.28 bits per heavy atom. The van der Waals surface area contributed by atoms with Gasteiger partial charge in [0.1, 0.15) is 17.1 Å². The molecule has 0 aliphatic carbocycles. The number of anilines is 1. The fourth-order valence-corrected chi connectivity index (χ4v) is 2.84. The summed E-state index contributed by atoms with van der Waals surface area (Å²) in [6, 6.07) is 3.83. The molecule has 160 valence electrons. The second-order valence-corrected chi connectivity index (χ2v) is 6.36. The van der Waals surface area contributed by atoms with Gasteiger partial charge in [-0.2, -0.15) is 39.5 Å². The minimum atomic E-state index is -5.60. The molecule has 2 rings (SSSR count). The summed E-state index contributed by atoms with van der Waals surface area (Å²) in [4.78, 5) is 0. The molecule has 0 heterocycles. The third kappa shape index (κ3) is 5.07. The van der Waals surface area contributed by atoms with E-state index in [-0.39, 0.29) is 22.6 Å². The van der Waals surface area contributed by atoms with Gasteiger partial charge in [-0.1, -0.05) is 12.1 Å². The lowest BCUT2D eigenvalue weighted by Gasteiger charge is -2.25. The Kier molecular flexibility index (Phi) is 5.75. The van der Waals surface area contributed by atoms with E-state index in [1.165, 1.54) is 0 Å². The van der Waals surface area contributed by atoms with Gasteiger partial charge < -0.3 is 10.5 Å².